The van der Waals surface area contributed by atoms with Crippen LogP contribution in [0.4, 0.5) is 0 Å². The molecule has 0 unspecified atom stereocenters. The van der Waals surface area contributed by atoms with Crippen LogP contribution in [-0.2, 0) is 30.7 Å². The first-order valence-electron chi connectivity index (χ1n) is 12.5. The molecule has 0 spiro atoms. The molecule has 9 heteroatoms. The van der Waals surface area contributed by atoms with Gasteiger partial charge in [0.2, 0.25) is 15.9 Å². The summed E-state index contributed by atoms with van der Waals surface area (Å²) in [5.41, 5.74) is 10.6. The van der Waals surface area contributed by atoms with Crippen molar-refractivity contribution in [2.75, 3.05) is 45.3 Å². The molecule has 1 amide bonds. The van der Waals surface area contributed by atoms with Crippen LogP contribution in [0.1, 0.15) is 36.8 Å². The number of nitrogens with one attached hydrogen (secondary N) is 1. The quantitative estimate of drug-likeness (QED) is 0.360. The molecular weight excluding hydrogens is 478 g/mol. The number of ether oxygens (including phenoxy) is 2. The number of aromatic amines is 1. The van der Waals surface area contributed by atoms with Gasteiger partial charge in [0.15, 0.2) is 0 Å². The van der Waals surface area contributed by atoms with E-state index in [1.807, 2.05) is 49.5 Å². The number of sulfonamides is 1. The summed E-state index contributed by atoms with van der Waals surface area (Å²) in [7, 11) is -3.37. The molecule has 194 valence electrons. The van der Waals surface area contributed by atoms with Crippen molar-refractivity contribution < 1.29 is 22.7 Å². The second-order valence-electron chi connectivity index (χ2n) is 9.11. The Balaban J connectivity index is 1.48. The van der Waals surface area contributed by atoms with Crippen molar-refractivity contribution >= 4 is 26.8 Å². The Hall–Kier alpha value is -2.72. The molecular formula is C27H35N3O5S. The zero-order chi connectivity index (χ0) is 25.5. The van der Waals surface area contributed by atoms with Crippen LogP contribution in [0.15, 0.2) is 48.7 Å². The Labute approximate surface area is 212 Å². The first-order valence-corrected chi connectivity index (χ1v) is 14.1. The fourth-order valence-corrected chi connectivity index (χ4v) is 6.25. The molecule has 2 aromatic carbocycles. The van der Waals surface area contributed by atoms with Gasteiger partial charge in [0, 0.05) is 36.8 Å². The molecule has 1 fully saturated rings. The van der Waals surface area contributed by atoms with Crippen molar-refractivity contribution in [3.05, 3.63) is 59.8 Å². The van der Waals surface area contributed by atoms with Gasteiger partial charge in [-0.3, -0.25) is 4.79 Å². The molecule has 2 heterocycles. The van der Waals surface area contributed by atoms with E-state index in [4.69, 9.17) is 15.2 Å². The Bertz CT molecular complexity index is 1270. The average Bonchev–Trinajstić information content (AvgIpc) is 3.31. The van der Waals surface area contributed by atoms with Crippen molar-refractivity contribution in [1.29, 1.82) is 0 Å². The predicted octanol–water partition coefficient (Wildman–Crippen LogP) is 3.43. The maximum absolute atomic E-state index is 12.8. The molecule has 1 aliphatic heterocycles. The highest BCUT2D eigenvalue weighted by Gasteiger charge is 2.30. The first kappa shape index (κ1) is 26.3. The first-order chi connectivity index (χ1) is 17.4. The lowest BCUT2D eigenvalue weighted by Gasteiger charge is -2.31. The molecule has 4 rings (SSSR count). The fraction of sp³-hybridized carbons (Fsp3) is 0.444. The lowest BCUT2D eigenvalue weighted by molar-refractivity contribution is -0.117. The summed E-state index contributed by atoms with van der Waals surface area (Å²) in [4.78, 5) is 15.1. The Morgan fingerprint density at radius 2 is 1.78 bits per heavy atom. The predicted molar refractivity (Wildman–Crippen MR) is 141 cm³/mol. The molecule has 1 saturated heterocycles. The fourth-order valence-electron chi connectivity index (χ4n) is 4.89. The largest absolute Gasteiger partial charge is 0.379 e. The maximum Gasteiger partial charge on any atom is 0.221 e. The minimum atomic E-state index is -3.37. The van der Waals surface area contributed by atoms with Crippen LogP contribution in [0.5, 0.6) is 0 Å². The van der Waals surface area contributed by atoms with Gasteiger partial charge in [-0.15, -0.1) is 0 Å². The van der Waals surface area contributed by atoms with Gasteiger partial charge in [-0.2, -0.15) is 0 Å². The van der Waals surface area contributed by atoms with E-state index in [9.17, 15) is 13.2 Å². The number of H-pyrrole nitrogens is 1. The molecule has 3 aromatic rings. The third-order valence-electron chi connectivity index (χ3n) is 6.72. The van der Waals surface area contributed by atoms with Gasteiger partial charge >= 0.3 is 0 Å². The smallest absolute Gasteiger partial charge is 0.221 e. The van der Waals surface area contributed by atoms with Crippen LogP contribution < -0.4 is 5.73 Å². The number of nitrogens with zero attached hydrogens (tertiary/aromatic N) is 1. The van der Waals surface area contributed by atoms with E-state index in [1.165, 1.54) is 0 Å². The van der Waals surface area contributed by atoms with Crippen LogP contribution in [0.3, 0.4) is 0 Å². The second-order valence-corrected chi connectivity index (χ2v) is 11.2. The maximum atomic E-state index is 12.8. The van der Waals surface area contributed by atoms with Gasteiger partial charge in [-0.25, -0.2) is 12.7 Å². The lowest BCUT2D eigenvalue weighted by Crippen LogP contribution is -2.40. The number of hydrogen-bond donors (Lipinski definition) is 2. The molecule has 0 radical (unpaired) electrons. The van der Waals surface area contributed by atoms with Gasteiger partial charge < -0.3 is 20.2 Å². The minimum Gasteiger partial charge on any atom is -0.379 e. The highest BCUT2D eigenvalue weighted by atomic mass is 32.2. The zero-order valence-electron chi connectivity index (χ0n) is 20.7. The zero-order valence-corrected chi connectivity index (χ0v) is 21.6. The standard InChI is InChI=1S/C27H35N3O5S/c1-2-34-12-13-35-14-15-36(32,33)30-10-8-21(9-11-30)25-19-29-27-23(18-26(28)31)16-22(17-24(25)27)20-6-4-3-5-7-20/h3-7,16-17,19,21,29H,2,8-15,18H2,1H3,(H2,28,31). The van der Waals surface area contributed by atoms with Crippen molar-refractivity contribution in [3.63, 3.8) is 0 Å². The number of piperidine rings is 1. The highest BCUT2D eigenvalue weighted by molar-refractivity contribution is 7.89. The van der Waals surface area contributed by atoms with Gasteiger partial charge in [0.05, 0.1) is 32.0 Å². The third-order valence-corrected chi connectivity index (χ3v) is 8.56. The third kappa shape index (κ3) is 6.34. The van der Waals surface area contributed by atoms with Crippen molar-refractivity contribution in [3.8, 4) is 11.1 Å². The van der Waals surface area contributed by atoms with E-state index >= 15 is 0 Å². The van der Waals surface area contributed by atoms with Crippen LogP contribution in [0.25, 0.3) is 22.0 Å². The van der Waals surface area contributed by atoms with E-state index in [1.54, 1.807) is 4.31 Å². The molecule has 0 saturated carbocycles. The van der Waals surface area contributed by atoms with Crippen molar-refractivity contribution in [1.82, 2.24) is 9.29 Å². The summed E-state index contributed by atoms with van der Waals surface area (Å²) in [6, 6.07) is 14.2. The molecule has 8 nitrogen and oxygen atoms in total. The number of amides is 1. The lowest BCUT2D eigenvalue weighted by atomic mass is 9.88. The van der Waals surface area contributed by atoms with E-state index < -0.39 is 10.0 Å². The van der Waals surface area contributed by atoms with Gasteiger partial charge in [-0.05, 0) is 60.1 Å². The SMILES string of the molecule is CCOCCOCCS(=O)(=O)N1CCC(c2c[nH]c3c(CC(N)=O)cc(-c4ccccc4)cc23)CC1. The van der Waals surface area contributed by atoms with Crippen molar-refractivity contribution in [2.45, 2.75) is 32.1 Å². The van der Waals surface area contributed by atoms with E-state index in [0.717, 1.165) is 46.0 Å². The monoisotopic (exact) mass is 513 g/mol. The Morgan fingerprint density at radius 3 is 2.47 bits per heavy atom. The summed E-state index contributed by atoms with van der Waals surface area (Å²) in [5.74, 6) is -0.175. The Morgan fingerprint density at radius 1 is 1.06 bits per heavy atom. The Kier molecular flexibility index (Phi) is 8.79. The van der Waals surface area contributed by atoms with Crippen LogP contribution >= 0.6 is 0 Å². The molecule has 0 bridgehead atoms. The highest BCUT2D eigenvalue weighted by Crippen LogP contribution is 2.37. The number of nitrogens with two attached hydrogens (primary N) is 1. The number of fused-ring (bicyclic) bond motifs is 1. The van der Waals surface area contributed by atoms with E-state index in [2.05, 4.69) is 11.1 Å². The average molecular weight is 514 g/mol. The number of carbonyl (C=O) groups excluding carboxylic acids is 1. The summed E-state index contributed by atoms with van der Waals surface area (Å²) < 4.78 is 37.8. The van der Waals surface area contributed by atoms with Crippen LogP contribution in [-0.4, -0.2) is 68.9 Å². The number of primary amides is 1. The second kappa shape index (κ2) is 12.0. The number of hydrogen-bond acceptors (Lipinski definition) is 5. The summed E-state index contributed by atoms with van der Waals surface area (Å²) in [6.45, 7) is 4.52. The summed E-state index contributed by atoms with van der Waals surface area (Å²) in [5, 5.41) is 1.07. The van der Waals surface area contributed by atoms with E-state index in [-0.39, 0.29) is 30.6 Å². The van der Waals surface area contributed by atoms with Crippen LogP contribution in [0.2, 0.25) is 0 Å². The molecule has 36 heavy (non-hydrogen) atoms. The number of benzene rings is 2. The minimum absolute atomic E-state index is 0.0200. The number of rotatable bonds is 12. The molecule has 0 aliphatic carbocycles. The van der Waals surface area contributed by atoms with E-state index in [0.29, 0.717) is 32.9 Å². The normalized spacial score (nSPS) is 15.5. The molecule has 1 aliphatic rings. The molecule has 3 N–H and O–H groups in total. The van der Waals surface area contributed by atoms with Crippen molar-refractivity contribution in [2.24, 2.45) is 5.73 Å². The molecule has 1 aromatic heterocycles. The summed E-state index contributed by atoms with van der Waals surface area (Å²) >= 11 is 0. The van der Waals surface area contributed by atoms with Gasteiger partial charge in [-0.1, -0.05) is 30.3 Å². The number of carbonyl (C=O) groups is 1. The van der Waals surface area contributed by atoms with Gasteiger partial charge in [0.25, 0.3) is 0 Å². The topological polar surface area (TPSA) is 115 Å². The number of aromatic nitrogens is 1. The molecule has 0 atom stereocenters. The van der Waals surface area contributed by atoms with Crippen LogP contribution in [0, 0.1) is 0 Å². The summed E-state index contributed by atoms with van der Waals surface area (Å²) in [6.07, 6.45) is 3.63. The van der Waals surface area contributed by atoms with Gasteiger partial charge in [0.1, 0.15) is 0 Å².